The molecule has 10 heteroatoms. The first-order valence-electron chi connectivity index (χ1n) is 6.20. The summed E-state index contributed by atoms with van der Waals surface area (Å²) in [5, 5.41) is 21.1. The Kier molecular flexibility index (Phi) is 3.85. The molecule has 3 atom stereocenters. The zero-order chi connectivity index (χ0) is 15.0. The average molecular weight is 315 g/mol. The third-order valence-corrected chi connectivity index (χ3v) is 4.28. The van der Waals surface area contributed by atoms with Crippen LogP contribution >= 0.6 is 11.8 Å². The van der Waals surface area contributed by atoms with Crippen LogP contribution < -0.4 is 11.0 Å². The standard InChI is InChI=1S/C11H13N3O6S/c15-2-6-9(16)21-4-7(20-6)14-1-5-3-19-11(18)13-8(5)12-10(14)17/h1,6-7,9,15-16H,2-4H2,(H,12,13,17,18)/t6-,7-,9?/m1/s1. The third kappa shape index (κ3) is 2.75. The van der Waals surface area contributed by atoms with Crippen LogP contribution in [0.5, 0.6) is 0 Å². The van der Waals surface area contributed by atoms with Gasteiger partial charge in [0.1, 0.15) is 30.2 Å². The first kappa shape index (κ1) is 14.3. The number of anilines is 1. The number of hydrogen-bond donors (Lipinski definition) is 3. The predicted molar refractivity (Wildman–Crippen MR) is 71.8 cm³/mol. The summed E-state index contributed by atoms with van der Waals surface area (Å²) in [5.74, 6) is 0.514. The van der Waals surface area contributed by atoms with E-state index in [4.69, 9.17) is 14.6 Å². The molecule has 9 nitrogen and oxygen atoms in total. The zero-order valence-electron chi connectivity index (χ0n) is 10.8. The molecule has 1 fully saturated rings. The van der Waals surface area contributed by atoms with E-state index in [0.717, 1.165) is 0 Å². The lowest BCUT2D eigenvalue weighted by Crippen LogP contribution is -2.42. The van der Waals surface area contributed by atoms with Crippen LogP contribution in [-0.4, -0.2) is 49.8 Å². The molecule has 3 rings (SSSR count). The number of ether oxygens (including phenoxy) is 2. The highest BCUT2D eigenvalue weighted by Gasteiger charge is 2.32. The summed E-state index contributed by atoms with van der Waals surface area (Å²) < 4.78 is 11.6. The predicted octanol–water partition coefficient (Wildman–Crippen LogP) is -0.753. The Morgan fingerprint density at radius 1 is 1.52 bits per heavy atom. The van der Waals surface area contributed by atoms with E-state index in [9.17, 15) is 14.7 Å². The van der Waals surface area contributed by atoms with Crippen molar-refractivity contribution in [3.05, 3.63) is 22.2 Å². The molecule has 0 aromatic carbocycles. The van der Waals surface area contributed by atoms with Crippen molar-refractivity contribution < 1.29 is 24.5 Å². The van der Waals surface area contributed by atoms with E-state index >= 15 is 0 Å². The van der Waals surface area contributed by atoms with Crippen molar-refractivity contribution in [3.63, 3.8) is 0 Å². The van der Waals surface area contributed by atoms with Crippen molar-refractivity contribution in [2.75, 3.05) is 17.7 Å². The third-order valence-electron chi connectivity index (χ3n) is 3.16. The molecule has 0 saturated carbocycles. The molecule has 1 amide bonds. The minimum Gasteiger partial charge on any atom is -0.444 e. The van der Waals surface area contributed by atoms with Crippen LogP contribution in [0.4, 0.5) is 10.6 Å². The molecule has 0 aliphatic carbocycles. The van der Waals surface area contributed by atoms with Crippen molar-refractivity contribution >= 4 is 23.7 Å². The second kappa shape index (κ2) is 5.64. The average Bonchev–Trinajstić information content (AvgIpc) is 2.47. The molecule has 0 radical (unpaired) electrons. The van der Waals surface area contributed by atoms with Crippen molar-refractivity contribution in [1.82, 2.24) is 9.55 Å². The number of carbonyl (C=O) groups excluding carboxylic acids is 1. The first-order chi connectivity index (χ1) is 10.1. The number of carbonyl (C=O) groups is 1. The van der Waals surface area contributed by atoms with E-state index < -0.39 is 29.6 Å². The summed E-state index contributed by atoms with van der Waals surface area (Å²) in [7, 11) is 0. The Hall–Kier alpha value is -1.62. The molecule has 21 heavy (non-hydrogen) atoms. The number of cyclic esters (lactones) is 1. The molecule has 1 unspecified atom stereocenters. The van der Waals surface area contributed by atoms with E-state index in [-0.39, 0.29) is 19.0 Å². The molecular formula is C11H13N3O6S. The maximum Gasteiger partial charge on any atom is 0.413 e. The summed E-state index contributed by atoms with van der Waals surface area (Å²) >= 11 is 1.18. The quantitative estimate of drug-likeness (QED) is 0.651. The molecule has 0 bridgehead atoms. The summed E-state index contributed by atoms with van der Waals surface area (Å²) in [6, 6.07) is 0. The van der Waals surface area contributed by atoms with Gasteiger partial charge in [0.25, 0.3) is 0 Å². The molecule has 0 spiro atoms. The fourth-order valence-corrected chi connectivity index (χ4v) is 3.05. The Morgan fingerprint density at radius 3 is 3.10 bits per heavy atom. The number of fused-ring (bicyclic) bond motifs is 1. The van der Waals surface area contributed by atoms with E-state index in [1.54, 1.807) is 0 Å². The topological polar surface area (TPSA) is 123 Å². The Bertz CT molecular complexity index is 620. The van der Waals surface area contributed by atoms with Crippen LogP contribution in [0.1, 0.15) is 11.8 Å². The van der Waals surface area contributed by atoms with Gasteiger partial charge in [-0.15, -0.1) is 11.8 Å². The van der Waals surface area contributed by atoms with Crippen LogP contribution in [0.25, 0.3) is 0 Å². The zero-order valence-corrected chi connectivity index (χ0v) is 11.6. The van der Waals surface area contributed by atoms with Crippen molar-refractivity contribution in [2.24, 2.45) is 0 Å². The van der Waals surface area contributed by atoms with Crippen molar-refractivity contribution in [1.29, 1.82) is 0 Å². The highest BCUT2D eigenvalue weighted by molar-refractivity contribution is 7.99. The lowest BCUT2D eigenvalue weighted by molar-refractivity contribution is -0.102. The van der Waals surface area contributed by atoms with Gasteiger partial charge in [-0.3, -0.25) is 9.88 Å². The van der Waals surface area contributed by atoms with Gasteiger partial charge >= 0.3 is 11.8 Å². The largest absolute Gasteiger partial charge is 0.444 e. The molecule has 3 heterocycles. The monoisotopic (exact) mass is 315 g/mol. The van der Waals surface area contributed by atoms with E-state index in [1.807, 2.05) is 0 Å². The summed E-state index contributed by atoms with van der Waals surface area (Å²) in [5.41, 5.74) is -0.876. The van der Waals surface area contributed by atoms with Crippen molar-refractivity contribution in [2.45, 2.75) is 24.4 Å². The van der Waals surface area contributed by atoms with Gasteiger partial charge in [-0.2, -0.15) is 4.98 Å². The molecule has 1 aromatic rings. The molecule has 2 aliphatic rings. The maximum atomic E-state index is 12.0. The van der Waals surface area contributed by atoms with Gasteiger partial charge in [0.05, 0.1) is 6.61 Å². The molecule has 1 saturated heterocycles. The fraction of sp³-hybridized carbons (Fsp3) is 0.545. The number of nitrogens with zero attached hydrogens (tertiary/aromatic N) is 2. The lowest BCUT2D eigenvalue weighted by Gasteiger charge is -2.33. The summed E-state index contributed by atoms with van der Waals surface area (Å²) in [6.45, 7) is -0.336. The minimum atomic E-state index is -0.838. The molecule has 114 valence electrons. The van der Waals surface area contributed by atoms with E-state index in [0.29, 0.717) is 11.3 Å². The smallest absolute Gasteiger partial charge is 0.413 e. The number of aliphatic hydroxyl groups is 2. The van der Waals surface area contributed by atoms with Gasteiger partial charge in [-0.25, -0.2) is 9.59 Å². The van der Waals surface area contributed by atoms with Gasteiger partial charge in [0.15, 0.2) is 0 Å². The number of rotatable bonds is 2. The van der Waals surface area contributed by atoms with Gasteiger partial charge < -0.3 is 19.7 Å². The SMILES string of the molecule is O=C1Nc2nc(=O)n([C@H]3CSC(O)[C@@H](CO)O3)cc2CO1. The molecule has 3 N–H and O–H groups in total. The lowest BCUT2D eigenvalue weighted by atomic mass is 10.3. The second-order valence-electron chi connectivity index (χ2n) is 4.54. The highest BCUT2D eigenvalue weighted by atomic mass is 32.2. The number of hydrogen-bond acceptors (Lipinski definition) is 8. The minimum absolute atomic E-state index is 0.0142. The molecule has 1 aromatic heterocycles. The summed E-state index contributed by atoms with van der Waals surface area (Å²) in [4.78, 5) is 26.9. The van der Waals surface area contributed by atoms with E-state index in [2.05, 4.69) is 10.3 Å². The number of nitrogens with one attached hydrogen (secondary N) is 1. The number of aliphatic hydroxyl groups excluding tert-OH is 2. The van der Waals surface area contributed by atoms with E-state index in [1.165, 1.54) is 22.5 Å². The van der Waals surface area contributed by atoms with Gasteiger partial charge in [-0.05, 0) is 0 Å². The van der Waals surface area contributed by atoms with Crippen LogP contribution in [0.3, 0.4) is 0 Å². The Morgan fingerprint density at radius 2 is 2.33 bits per heavy atom. The van der Waals surface area contributed by atoms with Crippen molar-refractivity contribution in [3.8, 4) is 0 Å². The van der Waals surface area contributed by atoms with Gasteiger partial charge in [0, 0.05) is 17.5 Å². The second-order valence-corrected chi connectivity index (χ2v) is 5.69. The fourth-order valence-electron chi connectivity index (χ4n) is 2.08. The van der Waals surface area contributed by atoms with Gasteiger partial charge in [-0.1, -0.05) is 0 Å². The van der Waals surface area contributed by atoms with Gasteiger partial charge in [0.2, 0.25) is 0 Å². The number of thioether (sulfide) groups is 1. The highest BCUT2D eigenvalue weighted by Crippen LogP contribution is 2.29. The van der Waals surface area contributed by atoms with Crippen LogP contribution in [-0.2, 0) is 16.1 Å². The maximum absolute atomic E-state index is 12.0. The Balaban J connectivity index is 1.89. The van der Waals surface area contributed by atoms with Crippen LogP contribution in [0.2, 0.25) is 0 Å². The summed E-state index contributed by atoms with van der Waals surface area (Å²) in [6.07, 6.45) is -0.576. The van der Waals surface area contributed by atoms with Crippen LogP contribution in [0, 0.1) is 0 Å². The molecular weight excluding hydrogens is 302 g/mol. The van der Waals surface area contributed by atoms with Crippen LogP contribution in [0.15, 0.2) is 11.0 Å². The number of amides is 1. The first-order valence-corrected chi connectivity index (χ1v) is 7.25. The normalized spacial score (nSPS) is 28.5. The Labute approximate surface area is 122 Å². The molecule has 2 aliphatic heterocycles. The number of aromatic nitrogens is 2.